The van der Waals surface area contributed by atoms with E-state index in [9.17, 15) is 9.59 Å². The molecule has 120 valence electrons. The molecule has 0 aliphatic carbocycles. The summed E-state index contributed by atoms with van der Waals surface area (Å²) in [6, 6.07) is 6.89. The van der Waals surface area contributed by atoms with Crippen LogP contribution in [0.25, 0.3) is 0 Å². The number of amides is 2. The molecule has 1 aromatic carbocycles. The molecule has 0 saturated carbocycles. The van der Waals surface area contributed by atoms with E-state index < -0.39 is 0 Å². The second-order valence-corrected chi connectivity index (χ2v) is 6.93. The molecule has 1 saturated heterocycles. The average Bonchev–Trinajstić information content (AvgIpc) is 3.19. The van der Waals surface area contributed by atoms with Crippen molar-refractivity contribution < 1.29 is 9.59 Å². The fourth-order valence-electron chi connectivity index (χ4n) is 2.68. The number of nitrogens with one attached hydrogen (secondary N) is 1. The van der Waals surface area contributed by atoms with E-state index in [-0.39, 0.29) is 11.8 Å². The summed E-state index contributed by atoms with van der Waals surface area (Å²) in [6.07, 6.45) is 2.03. The summed E-state index contributed by atoms with van der Waals surface area (Å²) in [5.41, 5.74) is 1.87. The van der Waals surface area contributed by atoms with Crippen LogP contribution < -0.4 is 5.32 Å². The number of nitrogens with zero attached hydrogens (tertiary/aromatic N) is 1. The van der Waals surface area contributed by atoms with E-state index in [0.29, 0.717) is 21.2 Å². The number of carbonyl (C=O) groups is 2. The lowest BCUT2D eigenvalue weighted by Gasteiger charge is -2.18. The Kier molecular flexibility index (Phi) is 4.68. The van der Waals surface area contributed by atoms with Gasteiger partial charge in [0.1, 0.15) is 0 Å². The molecule has 2 heterocycles. The van der Waals surface area contributed by atoms with Gasteiger partial charge in [0, 0.05) is 18.1 Å². The van der Waals surface area contributed by atoms with Gasteiger partial charge in [0.25, 0.3) is 11.8 Å². The van der Waals surface area contributed by atoms with Crippen LogP contribution in [0.1, 0.15) is 38.4 Å². The Bertz CT molecular complexity index is 751. The van der Waals surface area contributed by atoms with Crippen molar-refractivity contribution in [3.8, 4) is 0 Å². The Morgan fingerprint density at radius 1 is 1.22 bits per heavy atom. The molecule has 1 N–H and O–H groups in total. The molecule has 2 aromatic rings. The molecule has 3 rings (SSSR count). The van der Waals surface area contributed by atoms with Crippen LogP contribution in [-0.4, -0.2) is 29.8 Å². The largest absolute Gasteiger partial charge is 0.339 e. The summed E-state index contributed by atoms with van der Waals surface area (Å²) in [4.78, 5) is 27.5. The van der Waals surface area contributed by atoms with Gasteiger partial charge in [-0.15, -0.1) is 11.3 Å². The smallest absolute Gasteiger partial charge is 0.266 e. The van der Waals surface area contributed by atoms with Gasteiger partial charge in [-0.25, -0.2) is 0 Å². The normalized spacial score (nSPS) is 14.1. The zero-order valence-corrected chi connectivity index (χ0v) is 14.3. The molecule has 1 aliphatic rings. The van der Waals surface area contributed by atoms with Crippen LogP contribution in [0, 0.1) is 6.92 Å². The predicted octanol–water partition coefficient (Wildman–Crippen LogP) is 4.20. The van der Waals surface area contributed by atoms with Gasteiger partial charge < -0.3 is 10.2 Å². The number of hydrogen-bond donors (Lipinski definition) is 1. The van der Waals surface area contributed by atoms with Gasteiger partial charge in [-0.1, -0.05) is 11.6 Å². The number of likely N-dealkylation sites (tertiary alicyclic amines) is 1. The summed E-state index contributed by atoms with van der Waals surface area (Å²) in [5.74, 6) is -0.279. The molecule has 0 atom stereocenters. The third kappa shape index (κ3) is 3.41. The summed E-state index contributed by atoms with van der Waals surface area (Å²) in [5, 5.41) is 5.21. The van der Waals surface area contributed by atoms with Crippen molar-refractivity contribution in [2.75, 3.05) is 18.4 Å². The van der Waals surface area contributed by atoms with Crippen molar-refractivity contribution in [3.63, 3.8) is 0 Å². The second-order valence-electron chi connectivity index (χ2n) is 5.58. The first-order chi connectivity index (χ1) is 11.1. The van der Waals surface area contributed by atoms with E-state index in [1.807, 2.05) is 18.4 Å². The number of anilines is 1. The third-order valence-corrected chi connectivity index (χ3v) is 5.17. The lowest BCUT2D eigenvalue weighted by molar-refractivity contribution is 0.0794. The van der Waals surface area contributed by atoms with Crippen LogP contribution in [-0.2, 0) is 0 Å². The highest BCUT2D eigenvalue weighted by atomic mass is 35.5. The SMILES string of the molecule is Cc1ccsc1C(=O)Nc1ccc(Cl)cc1C(=O)N1CCCC1. The molecule has 0 radical (unpaired) electrons. The third-order valence-electron chi connectivity index (χ3n) is 3.92. The zero-order chi connectivity index (χ0) is 16.4. The predicted molar refractivity (Wildman–Crippen MR) is 93.6 cm³/mol. The molecular weight excluding hydrogens is 332 g/mol. The maximum absolute atomic E-state index is 12.7. The van der Waals surface area contributed by atoms with Gasteiger partial charge in [-0.2, -0.15) is 0 Å². The molecule has 1 aliphatic heterocycles. The first-order valence-electron chi connectivity index (χ1n) is 7.50. The minimum absolute atomic E-state index is 0.0804. The highest BCUT2D eigenvalue weighted by Crippen LogP contribution is 2.25. The number of halogens is 1. The van der Waals surface area contributed by atoms with Gasteiger partial charge in [0.2, 0.25) is 0 Å². The Morgan fingerprint density at radius 3 is 2.61 bits per heavy atom. The van der Waals surface area contributed by atoms with E-state index in [1.165, 1.54) is 11.3 Å². The van der Waals surface area contributed by atoms with Gasteiger partial charge in [-0.05, 0) is 55.0 Å². The maximum Gasteiger partial charge on any atom is 0.266 e. The van der Waals surface area contributed by atoms with E-state index in [2.05, 4.69) is 5.32 Å². The molecule has 0 bridgehead atoms. The van der Waals surface area contributed by atoms with Gasteiger partial charge in [0.15, 0.2) is 0 Å². The summed E-state index contributed by atoms with van der Waals surface area (Å²) in [7, 11) is 0. The topological polar surface area (TPSA) is 49.4 Å². The van der Waals surface area contributed by atoms with Crippen LogP contribution >= 0.6 is 22.9 Å². The molecular formula is C17H17ClN2O2S. The molecule has 2 amide bonds. The van der Waals surface area contributed by atoms with Crippen molar-refractivity contribution in [1.82, 2.24) is 4.90 Å². The lowest BCUT2D eigenvalue weighted by atomic mass is 10.1. The van der Waals surface area contributed by atoms with E-state index in [1.54, 1.807) is 23.1 Å². The van der Waals surface area contributed by atoms with Gasteiger partial charge in [0.05, 0.1) is 16.1 Å². The highest BCUT2D eigenvalue weighted by Gasteiger charge is 2.23. The van der Waals surface area contributed by atoms with E-state index in [0.717, 1.165) is 31.5 Å². The highest BCUT2D eigenvalue weighted by molar-refractivity contribution is 7.12. The second kappa shape index (κ2) is 6.72. The van der Waals surface area contributed by atoms with Crippen LogP contribution in [0.15, 0.2) is 29.6 Å². The molecule has 23 heavy (non-hydrogen) atoms. The summed E-state index contributed by atoms with van der Waals surface area (Å²) in [6.45, 7) is 3.40. The summed E-state index contributed by atoms with van der Waals surface area (Å²) < 4.78 is 0. The minimum Gasteiger partial charge on any atom is -0.339 e. The van der Waals surface area contributed by atoms with Crippen LogP contribution in [0.4, 0.5) is 5.69 Å². The fraction of sp³-hybridized carbons (Fsp3) is 0.294. The first kappa shape index (κ1) is 16.0. The van der Waals surface area contributed by atoms with Crippen molar-refractivity contribution >= 4 is 40.4 Å². The average molecular weight is 349 g/mol. The van der Waals surface area contributed by atoms with Crippen molar-refractivity contribution in [2.45, 2.75) is 19.8 Å². The van der Waals surface area contributed by atoms with E-state index in [4.69, 9.17) is 11.6 Å². The number of benzene rings is 1. The fourth-order valence-corrected chi connectivity index (χ4v) is 3.67. The van der Waals surface area contributed by atoms with Crippen molar-refractivity contribution in [3.05, 3.63) is 50.7 Å². The molecule has 1 fully saturated rings. The van der Waals surface area contributed by atoms with Crippen LogP contribution in [0.5, 0.6) is 0 Å². The Labute approximate surface area is 144 Å². The van der Waals surface area contributed by atoms with Gasteiger partial charge >= 0.3 is 0 Å². The Hall–Kier alpha value is -1.85. The quantitative estimate of drug-likeness (QED) is 0.903. The number of rotatable bonds is 3. The minimum atomic E-state index is -0.199. The number of hydrogen-bond acceptors (Lipinski definition) is 3. The van der Waals surface area contributed by atoms with Gasteiger partial charge in [-0.3, -0.25) is 9.59 Å². The standard InChI is InChI=1S/C17H17ClN2O2S/c1-11-6-9-23-15(11)16(21)19-14-5-4-12(18)10-13(14)17(22)20-7-2-3-8-20/h4-6,9-10H,2-3,7-8H2,1H3,(H,19,21). The van der Waals surface area contributed by atoms with Crippen LogP contribution in [0.3, 0.4) is 0 Å². The summed E-state index contributed by atoms with van der Waals surface area (Å²) >= 11 is 7.43. The van der Waals surface area contributed by atoms with Crippen LogP contribution in [0.2, 0.25) is 5.02 Å². The number of aryl methyl sites for hydroxylation is 1. The zero-order valence-electron chi connectivity index (χ0n) is 12.8. The molecule has 6 heteroatoms. The van der Waals surface area contributed by atoms with Crippen molar-refractivity contribution in [2.24, 2.45) is 0 Å². The number of carbonyl (C=O) groups excluding carboxylic acids is 2. The Balaban J connectivity index is 1.88. The molecule has 1 aromatic heterocycles. The van der Waals surface area contributed by atoms with E-state index >= 15 is 0 Å². The monoisotopic (exact) mass is 348 g/mol. The maximum atomic E-state index is 12.7. The first-order valence-corrected chi connectivity index (χ1v) is 8.76. The van der Waals surface area contributed by atoms with Crippen molar-refractivity contribution in [1.29, 1.82) is 0 Å². The molecule has 4 nitrogen and oxygen atoms in total. The Morgan fingerprint density at radius 2 is 1.96 bits per heavy atom. The number of thiophene rings is 1. The molecule has 0 unspecified atom stereocenters. The lowest BCUT2D eigenvalue weighted by Crippen LogP contribution is -2.28. The molecule has 0 spiro atoms.